The van der Waals surface area contributed by atoms with Crippen LogP contribution >= 0.6 is 12.4 Å². The molecule has 1 aliphatic heterocycles. The van der Waals surface area contributed by atoms with Gasteiger partial charge in [0, 0.05) is 13.0 Å². The van der Waals surface area contributed by atoms with Crippen LogP contribution in [0.25, 0.3) is 0 Å². The molecule has 1 heterocycles. The molecule has 4 atom stereocenters. The summed E-state index contributed by atoms with van der Waals surface area (Å²) in [6.45, 7) is 2.08. The summed E-state index contributed by atoms with van der Waals surface area (Å²) in [6.07, 6.45) is -0.624. The topological polar surface area (TPSA) is 70.8 Å². The third kappa shape index (κ3) is 5.92. The minimum absolute atomic E-state index is 0. The SMILES string of the molecule is C[C@@H]1OC(=O)[C@@H](N)CCO[C@H](Cc2ccc(F)cc2)[C@H]1Oc1ccccc1.Cl. The highest BCUT2D eigenvalue weighted by Crippen LogP contribution is 2.23. The van der Waals surface area contributed by atoms with Crippen molar-refractivity contribution >= 4 is 18.4 Å². The Morgan fingerprint density at radius 3 is 2.50 bits per heavy atom. The van der Waals surface area contributed by atoms with E-state index in [0.29, 0.717) is 25.2 Å². The summed E-state index contributed by atoms with van der Waals surface area (Å²) in [4.78, 5) is 12.1. The monoisotopic (exact) mass is 409 g/mol. The van der Waals surface area contributed by atoms with Crippen molar-refractivity contribution in [3.63, 3.8) is 0 Å². The number of carbonyl (C=O) groups excluding carboxylic acids is 1. The van der Waals surface area contributed by atoms with E-state index in [1.165, 1.54) is 12.1 Å². The lowest BCUT2D eigenvalue weighted by Gasteiger charge is -2.31. The zero-order valence-corrected chi connectivity index (χ0v) is 16.4. The van der Waals surface area contributed by atoms with Gasteiger partial charge in [0.15, 0.2) is 6.10 Å². The van der Waals surface area contributed by atoms with Crippen LogP contribution in [0.4, 0.5) is 4.39 Å². The highest BCUT2D eigenvalue weighted by molar-refractivity contribution is 5.85. The standard InChI is InChI=1S/C21H24FNO4.ClH/c1-14-20(27-17-5-3-2-4-6-17)19(13-15-7-9-16(22)10-8-15)25-12-11-18(23)21(24)26-14;/h2-10,14,18-20H,11-13,23H2,1H3;1H/t14-,18-,19+,20-;/m0./s1. The molecule has 2 aromatic carbocycles. The second-order valence-electron chi connectivity index (χ2n) is 6.67. The molecule has 0 saturated carbocycles. The van der Waals surface area contributed by atoms with Crippen LogP contribution in [0.15, 0.2) is 54.6 Å². The van der Waals surface area contributed by atoms with E-state index in [1.807, 2.05) is 30.3 Å². The number of hydrogen-bond acceptors (Lipinski definition) is 5. The Morgan fingerprint density at radius 1 is 1.14 bits per heavy atom. The van der Waals surface area contributed by atoms with Gasteiger partial charge in [0.2, 0.25) is 0 Å². The van der Waals surface area contributed by atoms with Crippen LogP contribution in [0.3, 0.4) is 0 Å². The van der Waals surface area contributed by atoms with Crippen LogP contribution in [-0.2, 0) is 20.7 Å². The maximum absolute atomic E-state index is 13.2. The molecule has 2 aromatic rings. The van der Waals surface area contributed by atoms with Gasteiger partial charge in [0.05, 0.1) is 0 Å². The number of carbonyl (C=O) groups is 1. The number of benzene rings is 2. The van der Waals surface area contributed by atoms with Crippen molar-refractivity contribution in [1.82, 2.24) is 0 Å². The number of nitrogens with two attached hydrogens (primary N) is 1. The first kappa shape index (κ1) is 22.1. The van der Waals surface area contributed by atoms with E-state index in [0.717, 1.165) is 5.56 Å². The molecule has 2 N–H and O–H groups in total. The van der Waals surface area contributed by atoms with Crippen LogP contribution in [0.5, 0.6) is 5.75 Å². The molecule has 5 nitrogen and oxygen atoms in total. The van der Waals surface area contributed by atoms with Gasteiger partial charge >= 0.3 is 5.97 Å². The zero-order valence-electron chi connectivity index (χ0n) is 15.6. The predicted molar refractivity (Wildman–Crippen MR) is 106 cm³/mol. The molecule has 0 unspecified atom stereocenters. The normalized spacial score (nSPS) is 25.5. The molecular formula is C21H25ClFNO4. The number of hydrogen-bond donors (Lipinski definition) is 1. The summed E-state index contributed by atoms with van der Waals surface area (Å²) in [5, 5.41) is 0. The molecule has 3 rings (SSSR count). The smallest absolute Gasteiger partial charge is 0.323 e. The molecule has 0 aromatic heterocycles. The van der Waals surface area contributed by atoms with E-state index in [1.54, 1.807) is 19.1 Å². The number of cyclic esters (lactones) is 1. The lowest BCUT2D eigenvalue weighted by atomic mass is 10.00. The van der Waals surface area contributed by atoms with Crippen molar-refractivity contribution in [3.8, 4) is 5.75 Å². The molecule has 1 aliphatic rings. The molecule has 7 heteroatoms. The second kappa shape index (κ2) is 10.4. The summed E-state index contributed by atoms with van der Waals surface area (Å²) in [5.74, 6) is -0.101. The highest BCUT2D eigenvalue weighted by atomic mass is 35.5. The van der Waals surface area contributed by atoms with Gasteiger partial charge in [-0.2, -0.15) is 0 Å². The van der Waals surface area contributed by atoms with Gasteiger partial charge in [-0.1, -0.05) is 30.3 Å². The van der Waals surface area contributed by atoms with Gasteiger partial charge < -0.3 is 19.9 Å². The Balaban J connectivity index is 0.00000280. The van der Waals surface area contributed by atoms with Crippen molar-refractivity contribution < 1.29 is 23.4 Å². The minimum atomic E-state index is -0.727. The average Bonchev–Trinajstić information content (AvgIpc) is 2.71. The number of para-hydroxylation sites is 1. The van der Waals surface area contributed by atoms with Crippen LogP contribution in [-0.4, -0.2) is 36.9 Å². The van der Waals surface area contributed by atoms with Gasteiger partial charge in [-0.05, 0) is 43.2 Å². The molecule has 1 fully saturated rings. The molecule has 0 radical (unpaired) electrons. The fourth-order valence-electron chi connectivity index (χ4n) is 3.05. The average molecular weight is 410 g/mol. The number of rotatable bonds is 4. The van der Waals surface area contributed by atoms with Crippen LogP contribution in [0, 0.1) is 5.82 Å². The van der Waals surface area contributed by atoms with Gasteiger partial charge in [-0.25, -0.2) is 4.39 Å². The van der Waals surface area contributed by atoms with Crippen LogP contribution in [0.2, 0.25) is 0 Å². The fraction of sp³-hybridized carbons (Fsp3) is 0.381. The number of ether oxygens (including phenoxy) is 3. The van der Waals surface area contributed by atoms with E-state index in [4.69, 9.17) is 19.9 Å². The summed E-state index contributed by atoms with van der Waals surface area (Å²) in [5.41, 5.74) is 6.76. The predicted octanol–water partition coefficient (Wildman–Crippen LogP) is 3.29. The van der Waals surface area contributed by atoms with Crippen molar-refractivity contribution in [2.75, 3.05) is 6.61 Å². The molecule has 0 aliphatic carbocycles. The summed E-state index contributed by atoms with van der Waals surface area (Å²) in [7, 11) is 0. The van der Waals surface area contributed by atoms with Crippen molar-refractivity contribution in [2.24, 2.45) is 5.73 Å². The molecule has 28 heavy (non-hydrogen) atoms. The number of halogens is 2. The highest BCUT2D eigenvalue weighted by Gasteiger charge is 2.35. The lowest BCUT2D eigenvalue weighted by molar-refractivity contribution is -0.156. The van der Waals surface area contributed by atoms with E-state index >= 15 is 0 Å². The first-order valence-corrected chi connectivity index (χ1v) is 9.07. The van der Waals surface area contributed by atoms with Gasteiger partial charge in [-0.15, -0.1) is 12.4 Å². The number of esters is 1. The first-order valence-electron chi connectivity index (χ1n) is 9.07. The Hall–Kier alpha value is -2.15. The Morgan fingerprint density at radius 2 is 1.82 bits per heavy atom. The maximum atomic E-state index is 13.2. The third-order valence-electron chi connectivity index (χ3n) is 4.56. The molecule has 1 saturated heterocycles. The third-order valence-corrected chi connectivity index (χ3v) is 4.56. The molecular weight excluding hydrogens is 385 g/mol. The molecule has 0 bridgehead atoms. The van der Waals surface area contributed by atoms with Gasteiger partial charge in [0.1, 0.15) is 29.8 Å². The van der Waals surface area contributed by atoms with E-state index in [-0.39, 0.29) is 24.3 Å². The molecule has 152 valence electrons. The van der Waals surface area contributed by atoms with Gasteiger partial charge in [-0.3, -0.25) is 4.79 Å². The summed E-state index contributed by atoms with van der Waals surface area (Å²) in [6, 6.07) is 14.8. The zero-order chi connectivity index (χ0) is 19.2. The Labute approximate surface area is 170 Å². The quantitative estimate of drug-likeness (QED) is 0.784. The summed E-state index contributed by atoms with van der Waals surface area (Å²) < 4.78 is 30.9. The second-order valence-corrected chi connectivity index (χ2v) is 6.67. The molecule has 0 amide bonds. The Kier molecular flexibility index (Phi) is 8.23. The van der Waals surface area contributed by atoms with E-state index < -0.39 is 24.2 Å². The minimum Gasteiger partial charge on any atom is -0.484 e. The maximum Gasteiger partial charge on any atom is 0.323 e. The fourth-order valence-corrected chi connectivity index (χ4v) is 3.05. The molecule has 0 spiro atoms. The first-order chi connectivity index (χ1) is 13.0. The van der Waals surface area contributed by atoms with Crippen molar-refractivity contribution in [3.05, 3.63) is 66.0 Å². The summed E-state index contributed by atoms with van der Waals surface area (Å²) >= 11 is 0. The van der Waals surface area contributed by atoms with Crippen molar-refractivity contribution in [1.29, 1.82) is 0 Å². The van der Waals surface area contributed by atoms with E-state index in [2.05, 4.69) is 0 Å². The van der Waals surface area contributed by atoms with Crippen LogP contribution in [0.1, 0.15) is 18.9 Å². The largest absolute Gasteiger partial charge is 0.484 e. The van der Waals surface area contributed by atoms with E-state index in [9.17, 15) is 9.18 Å². The Bertz CT molecular complexity index is 744. The van der Waals surface area contributed by atoms with Crippen LogP contribution < -0.4 is 10.5 Å². The van der Waals surface area contributed by atoms with Crippen molar-refractivity contribution in [2.45, 2.75) is 44.1 Å². The lowest BCUT2D eigenvalue weighted by Crippen LogP contribution is -2.45. The van der Waals surface area contributed by atoms with Gasteiger partial charge in [0.25, 0.3) is 0 Å².